The second kappa shape index (κ2) is 15.4. The van der Waals surface area contributed by atoms with Gasteiger partial charge in [-0.25, -0.2) is 4.98 Å². The highest BCUT2D eigenvalue weighted by Gasteiger charge is 2.15. The zero-order valence-electron chi connectivity index (χ0n) is 19.1. The summed E-state index contributed by atoms with van der Waals surface area (Å²) < 4.78 is 5.84. The highest BCUT2D eigenvalue weighted by atomic mass is 32.1. The van der Waals surface area contributed by atoms with E-state index in [0.29, 0.717) is 6.61 Å². The van der Waals surface area contributed by atoms with Gasteiger partial charge in [-0.3, -0.25) is 0 Å². The number of ether oxygens (including phenoxy) is 1. The number of allylic oxidation sites excluding steroid dienone is 1. The molecule has 162 valence electrons. The number of benzene rings is 2. The van der Waals surface area contributed by atoms with Crippen LogP contribution < -0.4 is 10.1 Å². The van der Waals surface area contributed by atoms with Crippen molar-refractivity contribution in [2.75, 3.05) is 6.54 Å². The molecule has 0 unspecified atom stereocenters. The number of nitrogens with one attached hydrogen (secondary N) is 1. The van der Waals surface area contributed by atoms with Crippen molar-refractivity contribution in [1.82, 2.24) is 10.3 Å². The van der Waals surface area contributed by atoms with Crippen LogP contribution in [0, 0.1) is 0 Å². The molecular weight excluding hydrogens is 388 g/mol. The minimum absolute atomic E-state index is 0.595. The lowest BCUT2D eigenvalue weighted by atomic mass is 10.2. The first-order valence-corrected chi connectivity index (χ1v) is 11.7. The second-order valence-corrected chi connectivity index (χ2v) is 7.11. The highest BCUT2D eigenvalue weighted by Crippen LogP contribution is 2.30. The predicted molar refractivity (Wildman–Crippen MR) is 132 cm³/mol. The highest BCUT2D eigenvalue weighted by molar-refractivity contribution is 7.15. The predicted octanol–water partition coefficient (Wildman–Crippen LogP) is 7.28. The standard InChI is InChI=1S/C19H18N2OS.C3H6.2C2H6/c1-2-4-14(5-3-1)13-22-16-8-6-15(7-9-16)19-21-17-12-20-11-10-18(17)23-19;1-3-2;2*1-2/h1-9,20H,10-13H2;3H,1H2,2H3;2*1-2H3. The van der Waals surface area contributed by atoms with Gasteiger partial charge in [0.15, 0.2) is 0 Å². The number of hydrogen-bond donors (Lipinski definition) is 1. The number of hydrogen-bond acceptors (Lipinski definition) is 4. The van der Waals surface area contributed by atoms with Crippen LogP contribution in [0.2, 0.25) is 0 Å². The fourth-order valence-electron chi connectivity index (χ4n) is 2.68. The van der Waals surface area contributed by atoms with Crippen LogP contribution in [0.4, 0.5) is 0 Å². The van der Waals surface area contributed by atoms with Crippen LogP contribution in [0.25, 0.3) is 10.6 Å². The van der Waals surface area contributed by atoms with Crippen molar-refractivity contribution in [1.29, 1.82) is 0 Å². The maximum Gasteiger partial charge on any atom is 0.123 e. The Balaban J connectivity index is 0.000000579. The van der Waals surface area contributed by atoms with Crippen LogP contribution >= 0.6 is 11.3 Å². The summed E-state index contributed by atoms with van der Waals surface area (Å²) in [4.78, 5) is 6.18. The summed E-state index contributed by atoms with van der Waals surface area (Å²) in [6.45, 7) is 15.8. The second-order valence-electron chi connectivity index (χ2n) is 6.02. The number of thiazole rings is 1. The Morgan fingerprint density at radius 3 is 2.27 bits per heavy atom. The molecule has 4 heteroatoms. The molecule has 0 atom stereocenters. The molecule has 2 heterocycles. The molecule has 2 aromatic carbocycles. The first-order chi connectivity index (χ1) is 14.8. The van der Waals surface area contributed by atoms with Gasteiger partial charge in [-0.15, -0.1) is 17.9 Å². The van der Waals surface area contributed by atoms with Gasteiger partial charge in [-0.05, 0) is 43.2 Å². The third kappa shape index (κ3) is 8.13. The van der Waals surface area contributed by atoms with Crippen molar-refractivity contribution in [3.8, 4) is 16.3 Å². The number of nitrogens with zero attached hydrogens (tertiary/aromatic N) is 1. The Bertz CT molecular complexity index is 802. The number of fused-ring (bicyclic) bond motifs is 1. The van der Waals surface area contributed by atoms with E-state index in [4.69, 9.17) is 9.72 Å². The van der Waals surface area contributed by atoms with E-state index in [2.05, 4.69) is 36.2 Å². The van der Waals surface area contributed by atoms with Gasteiger partial charge in [0, 0.05) is 23.5 Å². The van der Waals surface area contributed by atoms with Crippen LogP contribution in [-0.2, 0) is 19.6 Å². The van der Waals surface area contributed by atoms with Gasteiger partial charge in [0.1, 0.15) is 17.4 Å². The van der Waals surface area contributed by atoms with Gasteiger partial charge in [-0.2, -0.15) is 0 Å². The maximum atomic E-state index is 5.84. The summed E-state index contributed by atoms with van der Waals surface area (Å²) in [5, 5.41) is 4.48. The van der Waals surface area contributed by atoms with Gasteiger partial charge < -0.3 is 10.1 Å². The Kier molecular flexibility index (Phi) is 13.2. The third-order valence-corrected chi connectivity index (χ3v) is 5.16. The van der Waals surface area contributed by atoms with E-state index in [1.165, 1.54) is 16.1 Å². The molecule has 1 N–H and O–H groups in total. The van der Waals surface area contributed by atoms with Crippen molar-refractivity contribution in [2.24, 2.45) is 0 Å². The van der Waals surface area contributed by atoms with Gasteiger partial charge in [0.05, 0.1) is 5.69 Å². The van der Waals surface area contributed by atoms with E-state index in [9.17, 15) is 0 Å². The first kappa shape index (κ1) is 25.6. The average Bonchev–Trinajstić information content (AvgIpc) is 3.26. The summed E-state index contributed by atoms with van der Waals surface area (Å²) in [6, 6.07) is 18.5. The molecule has 0 fully saturated rings. The minimum Gasteiger partial charge on any atom is -0.489 e. The Morgan fingerprint density at radius 1 is 1.03 bits per heavy atom. The summed E-state index contributed by atoms with van der Waals surface area (Å²) in [7, 11) is 0. The molecule has 1 aliphatic heterocycles. The molecule has 1 aliphatic rings. The molecule has 30 heavy (non-hydrogen) atoms. The Hall–Kier alpha value is -2.43. The molecular formula is C26H36N2OS. The lowest BCUT2D eigenvalue weighted by Gasteiger charge is -2.09. The van der Waals surface area contributed by atoms with Crippen LogP contribution in [0.3, 0.4) is 0 Å². The van der Waals surface area contributed by atoms with Crippen LogP contribution in [0.1, 0.15) is 50.8 Å². The average molecular weight is 425 g/mol. The largest absolute Gasteiger partial charge is 0.489 e. The quantitative estimate of drug-likeness (QED) is 0.447. The summed E-state index contributed by atoms with van der Waals surface area (Å²) in [5.74, 6) is 0.889. The molecule has 3 nitrogen and oxygen atoms in total. The molecule has 0 amide bonds. The molecule has 0 spiro atoms. The summed E-state index contributed by atoms with van der Waals surface area (Å²) >= 11 is 1.81. The van der Waals surface area contributed by atoms with Crippen molar-refractivity contribution in [2.45, 2.75) is 54.2 Å². The normalized spacial score (nSPS) is 11.2. The smallest absolute Gasteiger partial charge is 0.123 e. The van der Waals surface area contributed by atoms with E-state index < -0.39 is 0 Å². The Labute approximate surface area is 186 Å². The molecule has 0 aliphatic carbocycles. The lowest BCUT2D eigenvalue weighted by molar-refractivity contribution is 0.306. The first-order valence-electron chi connectivity index (χ1n) is 10.8. The topological polar surface area (TPSA) is 34.1 Å². The fraction of sp³-hybridized carbons (Fsp3) is 0.346. The van der Waals surface area contributed by atoms with Crippen LogP contribution in [0.5, 0.6) is 5.75 Å². The Morgan fingerprint density at radius 2 is 1.67 bits per heavy atom. The van der Waals surface area contributed by atoms with E-state index in [1.54, 1.807) is 6.08 Å². The van der Waals surface area contributed by atoms with Gasteiger partial charge >= 0.3 is 0 Å². The molecule has 4 rings (SSSR count). The zero-order chi connectivity index (χ0) is 22.2. The minimum atomic E-state index is 0.595. The molecule has 3 aromatic rings. The fourth-order valence-corrected chi connectivity index (χ4v) is 3.77. The molecule has 0 bridgehead atoms. The van der Waals surface area contributed by atoms with Crippen molar-refractivity contribution in [3.05, 3.63) is 83.4 Å². The van der Waals surface area contributed by atoms with Crippen molar-refractivity contribution < 1.29 is 4.74 Å². The van der Waals surface area contributed by atoms with Gasteiger partial charge in [0.2, 0.25) is 0 Å². The van der Waals surface area contributed by atoms with E-state index in [1.807, 2.05) is 76.3 Å². The summed E-state index contributed by atoms with van der Waals surface area (Å²) in [5.41, 5.74) is 3.55. The van der Waals surface area contributed by atoms with E-state index in [-0.39, 0.29) is 0 Å². The maximum absolute atomic E-state index is 5.84. The number of aromatic nitrogens is 1. The van der Waals surface area contributed by atoms with Crippen molar-refractivity contribution >= 4 is 11.3 Å². The zero-order valence-corrected chi connectivity index (χ0v) is 19.9. The number of rotatable bonds is 4. The monoisotopic (exact) mass is 424 g/mol. The third-order valence-electron chi connectivity index (χ3n) is 3.95. The van der Waals surface area contributed by atoms with E-state index >= 15 is 0 Å². The van der Waals surface area contributed by atoms with Gasteiger partial charge in [0.25, 0.3) is 0 Å². The molecule has 0 radical (unpaired) electrons. The van der Waals surface area contributed by atoms with Crippen LogP contribution in [0.15, 0.2) is 67.3 Å². The lowest BCUT2D eigenvalue weighted by Crippen LogP contribution is -2.22. The summed E-state index contributed by atoms with van der Waals surface area (Å²) in [6.07, 6.45) is 2.84. The van der Waals surface area contributed by atoms with Crippen molar-refractivity contribution in [3.63, 3.8) is 0 Å². The van der Waals surface area contributed by atoms with Crippen LogP contribution in [-0.4, -0.2) is 11.5 Å². The molecule has 1 aromatic heterocycles. The molecule has 0 saturated carbocycles. The van der Waals surface area contributed by atoms with E-state index in [0.717, 1.165) is 35.8 Å². The molecule has 0 saturated heterocycles. The SMILES string of the molecule is C=CC.CC.CC.c1ccc(COc2ccc(-c3nc4c(s3)CCNC4)cc2)cc1. The van der Waals surface area contributed by atoms with Gasteiger partial charge in [-0.1, -0.05) is 64.1 Å².